The third kappa shape index (κ3) is 11.9. The quantitative estimate of drug-likeness (QED) is 0.355. The third-order valence-electron chi connectivity index (χ3n) is 1.58. The molecule has 100 valence electrons. The fourth-order valence-corrected chi connectivity index (χ4v) is 2.34. The molecule has 3 N–H and O–H groups in total. The highest BCUT2D eigenvalue weighted by Gasteiger charge is 2.30. The van der Waals surface area contributed by atoms with Crippen LogP contribution in [0.2, 0.25) is 0 Å². The molecule has 10 heteroatoms. The van der Waals surface area contributed by atoms with Crippen molar-refractivity contribution in [2.75, 3.05) is 6.54 Å². The van der Waals surface area contributed by atoms with Crippen LogP contribution in [-0.2, 0) is 13.4 Å². The van der Waals surface area contributed by atoms with E-state index in [1.165, 1.54) is 0 Å². The summed E-state index contributed by atoms with van der Waals surface area (Å²) in [7, 11) is -9.76. The van der Waals surface area contributed by atoms with E-state index in [4.69, 9.17) is 14.7 Å². The Balaban J connectivity index is 4.09. The lowest BCUT2D eigenvalue weighted by atomic mass is 10.2. The summed E-state index contributed by atoms with van der Waals surface area (Å²) in [6, 6.07) is 1.89. The molecule has 0 bridgehead atoms. The summed E-state index contributed by atoms with van der Waals surface area (Å²) in [6.07, 6.45) is 3.94. The summed E-state index contributed by atoms with van der Waals surface area (Å²) in [4.78, 5) is 29.0. The summed E-state index contributed by atoms with van der Waals surface area (Å²) in [5.74, 6) is 0. The first-order valence-corrected chi connectivity index (χ1v) is 8.06. The van der Waals surface area contributed by atoms with Crippen LogP contribution in [0.25, 0.3) is 0 Å². The molecule has 0 saturated heterocycles. The normalized spacial score (nSPS) is 14.8. The van der Waals surface area contributed by atoms with Crippen molar-refractivity contribution < 1.29 is 28.1 Å². The van der Waals surface area contributed by atoms with Gasteiger partial charge in [-0.2, -0.15) is 4.31 Å². The molecule has 1 unspecified atom stereocenters. The first kappa shape index (κ1) is 16.7. The average Bonchev–Trinajstić information content (AvgIpc) is 2.12. The first-order valence-electron chi connectivity index (χ1n) is 5.00. The highest BCUT2D eigenvalue weighted by atomic mass is 31.3. The maximum Gasteiger partial charge on any atom is 0.478 e. The molecule has 0 radical (unpaired) electrons. The van der Waals surface area contributed by atoms with E-state index in [2.05, 4.69) is 21.0 Å². The number of hydrogen-bond acceptors (Lipinski definition) is 4. The Morgan fingerprint density at radius 3 is 2.35 bits per heavy atom. The summed E-state index contributed by atoms with van der Waals surface area (Å²) >= 11 is 0. The fraction of sp³-hybridized carbons (Fsp3) is 0.857. The molecule has 0 fully saturated rings. The molecule has 0 aliphatic rings. The van der Waals surface area contributed by atoms with Gasteiger partial charge in [0.05, 0.1) is 0 Å². The SMILES string of the molecule is CCCCCCN=C=NP(=O)(O)OP(=O)(O)O. The van der Waals surface area contributed by atoms with Gasteiger partial charge in [0.1, 0.15) is 6.01 Å². The van der Waals surface area contributed by atoms with Crippen LogP contribution < -0.4 is 0 Å². The molecule has 0 saturated carbocycles. The average molecular weight is 286 g/mol. The Hall–Kier alpha value is -0.320. The lowest BCUT2D eigenvalue weighted by molar-refractivity contribution is 0.264. The van der Waals surface area contributed by atoms with Gasteiger partial charge in [-0.05, 0) is 6.42 Å². The van der Waals surface area contributed by atoms with Crippen molar-refractivity contribution in [2.45, 2.75) is 32.6 Å². The summed E-state index contributed by atoms with van der Waals surface area (Å²) < 4.78 is 27.6. The Morgan fingerprint density at radius 1 is 1.18 bits per heavy atom. The van der Waals surface area contributed by atoms with Crippen molar-refractivity contribution in [3.8, 4) is 0 Å². The van der Waals surface area contributed by atoms with E-state index in [1.807, 2.05) is 6.01 Å². The minimum Gasteiger partial charge on any atom is -0.306 e. The van der Waals surface area contributed by atoms with E-state index < -0.39 is 15.6 Å². The number of hydrogen-bond donors (Lipinski definition) is 3. The second kappa shape index (κ2) is 7.90. The van der Waals surface area contributed by atoms with Crippen molar-refractivity contribution in [1.29, 1.82) is 0 Å². The molecule has 0 amide bonds. The van der Waals surface area contributed by atoms with Crippen molar-refractivity contribution >= 4 is 21.6 Å². The fourth-order valence-electron chi connectivity index (χ4n) is 0.913. The Bertz CT molecular complexity index is 373. The van der Waals surface area contributed by atoms with E-state index >= 15 is 0 Å². The van der Waals surface area contributed by atoms with Gasteiger partial charge < -0.3 is 14.7 Å². The number of nitrogens with zero attached hydrogens (tertiary/aromatic N) is 2. The third-order valence-corrected chi connectivity index (χ3v) is 3.62. The van der Waals surface area contributed by atoms with Gasteiger partial charge in [-0.3, -0.25) is 0 Å². The number of unbranched alkanes of at least 4 members (excludes halogenated alkanes) is 3. The molecule has 0 aromatic carbocycles. The minimum atomic E-state index is -5.05. The molecule has 1 atom stereocenters. The van der Waals surface area contributed by atoms with Crippen LogP contribution >= 0.6 is 15.6 Å². The second-order valence-electron chi connectivity index (χ2n) is 3.21. The number of phosphoric acid groups is 1. The highest BCUT2D eigenvalue weighted by Crippen LogP contribution is 2.57. The monoisotopic (exact) mass is 286 g/mol. The van der Waals surface area contributed by atoms with Crippen molar-refractivity contribution in [2.24, 2.45) is 9.76 Å². The zero-order chi connectivity index (χ0) is 13.4. The topological polar surface area (TPSA) is 129 Å². The number of aliphatic imine (C=N–C) groups is 1. The zero-order valence-corrected chi connectivity index (χ0v) is 11.2. The van der Waals surface area contributed by atoms with Gasteiger partial charge >= 0.3 is 15.6 Å². The van der Waals surface area contributed by atoms with Gasteiger partial charge in [-0.15, -0.1) is 4.76 Å². The standard InChI is InChI=1S/C7H16N2O6P2/c1-2-3-4-5-6-8-7-9-16(10,11)15-17(12,13)14/h2-6H2,1H3,(H,10,11)(H2,12,13,14). The largest absolute Gasteiger partial charge is 0.478 e. The number of rotatable bonds is 8. The van der Waals surface area contributed by atoms with Gasteiger partial charge in [0, 0.05) is 6.54 Å². The van der Waals surface area contributed by atoms with Crippen molar-refractivity contribution in [3.63, 3.8) is 0 Å². The van der Waals surface area contributed by atoms with Crippen LogP contribution in [0.4, 0.5) is 0 Å². The van der Waals surface area contributed by atoms with Crippen LogP contribution in [0.5, 0.6) is 0 Å². The Labute approximate surface area is 99.3 Å². The molecule has 0 heterocycles. The smallest absolute Gasteiger partial charge is 0.306 e. The van der Waals surface area contributed by atoms with Gasteiger partial charge in [-0.1, -0.05) is 26.2 Å². The molecular formula is C7H16N2O6P2. The molecule has 0 rings (SSSR count). The lowest BCUT2D eigenvalue weighted by Crippen LogP contribution is -1.85. The first-order chi connectivity index (χ1) is 7.77. The minimum absolute atomic E-state index is 0.388. The predicted molar refractivity (Wildman–Crippen MR) is 61.8 cm³/mol. The zero-order valence-electron chi connectivity index (χ0n) is 9.39. The molecule has 8 nitrogen and oxygen atoms in total. The van der Waals surface area contributed by atoms with Gasteiger partial charge in [0.15, 0.2) is 0 Å². The molecule has 17 heavy (non-hydrogen) atoms. The van der Waals surface area contributed by atoms with Crippen LogP contribution in [-0.4, -0.2) is 27.2 Å². The summed E-state index contributed by atoms with van der Waals surface area (Å²) in [5, 5.41) is 0. The van der Waals surface area contributed by atoms with Gasteiger partial charge in [-0.25, -0.2) is 14.1 Å². The molecule has 0 aromatic heterocycles. The molecule has 0 aliphatic heterocycles. The molecule has 0 aliphatic carbocycles. The molecule has 0 aromatic rings. The van der Waals surface area contributed by atoms with Gasteiger partial charge in [0.2, 0.25) is 0 Å². The van der Waals surface area contributed by atoms with Crippen molar-refractivity contribution in [1.82, 2.24) is 0 Å². The predicted octanol–water partition coefficient (Wildman–Crippen LogP) is 1.95. The summed E-state index contributed by atoms with van der Waals surface area (Å²) in [5.41, 5.74) is 0. The molecule has 0 spiro atoms. The Morgan fingerprint density at radius 2 is 1.82 bits per heavy atom. The van der Waals surface area contributed by atoms with Crippen LogP contribution in [0.3, 0.4) is 0 Å². The van der Waals surface area contributed by atoms with Crippen molar-refractivity contribution in [3.05, 3.63) is 0 Å². The van der Waals surface area contributed by atoms with Gasteiger partial charge in [0.25, 0.3) is 0 Å². The maximum atomic E-state index is 10.9. The summed E-state index contributed by atoms with van der Waals surface area (Å²) in [6.45, 7) is 2.45. The van der Waals surface area contributed by atoms with E-state index in [1.54, 1.807) is 0 Å². The Kier molecular flexibility index (Phi) is 7.75. The maximum absolute atomic E-state index is 10.9. The van der Waals surface area contributed by atoms with Crippen LogP contribution in [0, 0.1) is 0 Å². The van der Waals surface area contributed by atoms with E-state index in [0.717, 1.165) is 25.7 Å². The van der Waals surface area contributed by atoms with Crippen LogP contribution in [0.1, 0.15) is 32.6 Å². The molecular weight excluding hydrogens is 270 g/mol. The van der Waals surface area contributed by atoms with E-state index in [0.29, 0.717) is 6.54 Å². The van der Waals surface area contributed by atoms with Crippen LogP contribution in [0.15, 0.2) is 9.76 Å². The van der Waals surface area contributed by atoms with E-state index in [-0.39, 0.29) is 0 Å². The van der Waals surface area contributed by atoms with E-state index in [9.17, 15) is 9.13 Å². The highest BCUT2D eigenvalue weighted by molar-refractivity contribution is 7.62. The lowest BCUT2D eigenvalue weighted by Gasteiger charge is -2.04. The second-order valence-corrected chi connectivity index (χ2v) is 6.02.